The van der Waals surface area contributed by atoms with Gasteiger partial charge in [-0.3, -0.25) is 4.79 Å². The van der Waals surface area contributed by atoms with Gasteiger partial charge in [-0.05, 0) is 98.9 Å². The highest BCUT2D eigenvalue weighted by Crippen LogP contribution is 2.67. The van der Waals surface area contributed by atoms with Crippen molar-refractivity contribution in [3.8, 4) is 0 Å². The highest BCUT2D eigenvalue weighted by atomic mass is 16.1. The van der Waals surface area contributed by atoms with Gasteiger partial charge >= 0.3 is 0 Å². The molecule has 1 saturated carbocycles. The SMILES string of the molecule is C[C@@H]([C@H]1CC[C@@]2(C)[C@@H]3CC[C@@H]4C(=CC3=CC[C@]12C)C=CC(=O)C4(C)C)N(C)C. The van der Waals surface area contributed by atoms with E-state index in [-0.39, 0.29) is 5.41 Å². The molecule has 0 amide bonds. The lowest BCUT2D eigenvalue weighted by molar-refractivity contribution is -0.124. The van der Waals surface area contributed by atoms with Crippen LogP contribution in [0.1, 0.15) is 66.7 Å². The van der Waals surface area contributed by atoms with Gasteiger partial charge in [0.25, 0.3) is 0 Å². The average Bonchev–Trinajstić information content (AvgIpc) is 2.78. The minimum atomic E-state index is -0.267. The van der Waals surface area contributed by atoms with Crippen LogP contribution >= 0.6 is 0 Å². The maximum atomic E-state index is 12.5. The van der Waals surface area contributed by atoms with Crippen molar-refractivity contribution in [2.24, 2.45) is 34.0 Å². The number of hydrogen-bond acceptors (Lipinski definition) is 2. The molecule has 2 heteroatoms. The highest BCUT2D eigenvalue weighted by molar-refractivity contribution is 5.96. The summed E-state index contributed by atoms with van der Waals surface area (Å²) in [5, 5.41) is 0. The Morgan fingerprint density at radius 1 is 0.964 bits per heavy atom. The van der Waals surface area contributed by atoms with E-state index in [1.165, 1.54) is 31.3 Å². The molecule has 0 heterocycles. The molecule has 4 aliphatic rings. The third-order valence-electron chi connectivity index (χ3n) is 9.84. The summed E-state index contributed by atoms with van der Waals surface area (Å²) in [7, 11) is 4.47. The quantitative estimate of drug-likeness (QED) is 0.602. The van der Waals surface area contributed by atoms with E-state index in [1.54, 1.807) is 5.57 Å². The van der Waals surface area contributed by atoms with Crippen molar-refractivity contribution in [3.05, 3.63) is 35.5 Å². The Bertz CT molecular complexity index is 769. The van der Waals surface area contributed by atoms with Crippen LogP contribution in [0.4, 0.5) is 0 Å². The molecular formula is C26H39NO. The maximum absolute atomic E-state index is 12.5. The Morgan fingerprint density at radius 2 is 1.64 bits per heavy atom. The fourth-order valence-corrected chi connectivity index (χ4v) is 7.35. The van der Waals surface area contributed by atoms with Crippen LogP contribution in [0, 0.1) is 34.0 Å². The van der Waals surface area contributed by atoms with Gasteiger partial charge in [-0.15, -0.1) is 0 Å². The second kappa shape index (κ2) is 6.42. The van der Waals surface area contributed by atoms with Gasteiger partial charge < -0.3 is 4.90 Å². The van der Waals surface area contributed by atoms with E-state index in [0.29, 0.717) is 34.5 Å². The second-order valence-corrected chi connectivity index (χ2v) is 11.3. The van der Waals surface area contributed by atoms with Crippen LogP contribution in [0.3, 0.4) is 0 Å². The summed E-state index contributed by atoms with van der Waals surface area (Å²) in [5.41, 5.74) is 3.40. The van der Waals surface area contributed by atoms with Gasteiger partial charge in [-0.25, -0.2) is 0 Å². The molecule has 0 saturated heterocycles. The molecule has 0 aromatic heterocycles. The lowest BCUT2D eigenvalue weighted by Gasteiger charge is -2.54. The van der Waals surface area contributed by atoms with Gasteiger partial charge in [0, 0.05) is 11.5 Å². The van der Waals surface area contributed by atoms with Crippen LogP contribution in [0.5, 0.6) is 0 Å². The summed E-state index contributed by atoms with van der Waals surface area (Å²) in [6.07, 6.45) is 15.2. The Kier molecular flexibility index (Phi) is 4.62. The van der Waals surface area contributed by atoms with Crippen LogP contribution in [-0.2, 0) is 4.79 Å². The summed E-state index contributed by atoms with van der Waals surface area (Å²) >= 11 is 0. The Hall–Kier alpha value is -1.15. The summed E-state index contributed by atoms with van der Waals surface area (Å²) in [6, 6.07) is 0.618. The predicted molar refractivity (Wildman–Crippen MR) is 117 cm³/mol. The molecule has 0 unspecified atom stereocenters. The van der Waals surface area contributed by atoms with Crippen molar-refractivity contribution in [1.82, 2.24) is 4.90 Å². The number of carbonyl (C=O) groups excluding carboxylic acids is 1. The Balaban J connectivity index is 1.73. The van der Waals surface area contributed by atoms with Crippen molar-refractivity contribution in [1.29, 1.82) is 0 Å². The standard InChI is InChI=1S/C26H39NO/c1-17(27(6)7)20-13-15-26(5)22-10-9-21-18(8-11-23(28)24(21,2)3)16-19(22)12-14-25(20,26)4/h8,11-12,16-17,20-22H,9-10,13-15H2,1-7H3/t17-,20+,21+,22+,25+,26-/m0/s1. The minimum absolute atomic E-state index is 0.267. The van der Waals surface area contributed by atoms with Crippen LogP contribution in [0.25, 0.3) is 0 Å². The largest absolute Gasteiger partial charge is 0.306 e. The van der Waals surface area contributed by atoms with Gasteiger partial charge in [-0.2, -0.15) is 0 Å². The number of carbonyl (C=O) groups is 1. The summed E-state index contributed by atoms with van der Waals surface area (Å²) in [4.78, 5) is 15.0. The smallest absolute Gasteiger partial charge is 0.161 e. The number of fused-ring (bicyclic) bond motifs is 4. The summed E-state index contributed by atoms with van der Waals surface area (Å²) in [6.45, 7) is 11.9. The van der Waals surface area contributed by atoms with Gasteiger partial charge in [-0.1, -0.05) is 45.9 Å². The van der Waals surface area contributed by atoms with E-state index < -0.39 is 0 Å². The molecule has 2 nitrogen and oxygen atoms in total. The van der Waals surface area contributed by atoms with E-state index in [0.717, 1.165) is 12.3 Å². The van der Waals surface area contributed by atoms with E-state index in [4.69, 9.17) is 0 Å². The maximum Gasteiger partial charge on any atom is 0.161 e. The fraction of sp³-hybridized carbons (Fsp3) is 0.731. The third kappa shape index (κ3) is 2.59. The van der Waals surface area contributed by atoms with Gasteiger partial charge in [0.2, 0.25) is 0 Å². The topological polar surface area (TPSA) is 20.3 Å². The zero-order valence-electron chi connectivity index (χ0n) is 19.0. The first-order valence-corrected chi connectivity index (χ1v) is 11.3. The number of ketones is 1. The highest BCUT2D eigenvalue weighted by Gasteiger charge is 2.60. The average molecular weight is 382 g/mol. The molecule has 0 bridgehead atoms. The molecule has 0 aromatic carbocycles. The van der Waals surface area contributed by atoms with Gasteiger partial charge in [0.05, 0.1) is 0 Å². The van der Waals surface area contributed by atoms with Crippen molar-refractivity contribution < 1.29 is 4.79 Å². The third-order valence-corrected chi connectivity index (χ3v) is 9.84. The lowest BCUT2D eigenvalue weighted by Crippen LogP contribution is -2.49. The van der Waals surface area contributed by atoms with E-state index in [1.807, 2.05) is 6.08 Å². The van der Waals surface area contributed by atoms with Gasteiger partial charge in [0.1, 0.15) is 0 Å². The molecule has 0 N–H and O–H groups in total. The lowest BCUT2D eigenvalue weighted by atomic mass is 9.51. The normalized spacial score (nSPS) is 42.9. The minimum Gasteiger partial charge on any atom is -0.306 e. The molecule has 4 rings (SSSR count). The molecule has 1 fully saturated rings. The zero-order chi connectivity index (χ0) is 20.5. The number of nitrogens with zero attached hydrogens (tertiary/aromatic N) is 1. The molecule has 0 aliphatic heterocycles. The van der Waals surface area contributed by atoms with Crippen molar-refractivity contribution >= 4 is 5.78 Å². The molecule has 154 valence electrons. The first kappa shape index (κ1) is 20.1. The van der Waals surface area contributed by atoms with Crippen LogP contribution in [-0.4, -0.2) is 30.8 Å². The van der Waals surface area contributed by atoms with Crippen LogP contribution < -0.4 is 0 Å². The summed E-state index contributed by atoms with van der Waals surface area (Å²) in [5.74, 6) is 2.04. The molecule has 0 spiro atoms. The molecule has 4 aliphatic carbocycles. The van der Waals surface area contributed by atoms with Crippen LogP contribution in [0.2, 0.25) is 0 Å². The summed E-state index contributed by atoms with van der Waals surface area (Å²) < 4.78 is 0. The number of allylic oxidation sites excluding steroid dienone is 6. The zero-order valence-corrected chi connectivity index (χ0v) is 19.0. The first-order chi connectivity index (χ1) is 13.0. The Labute approximate surface area is 172 Å². The first-order valence-electron chi connectivity index (χ1n) is 11.3. The molecule has 6 atom stereocenters. The Morgan fingerprint density at radius 3 is 2.32 bits per heavy atom. The second-order valence-electron chi connectivity index (χ2n) is 11.3. The van der Waals surface area contributed by atoms with E-state index in [2.05, 4.69) is 71.8 Å². The molecule has 0 aromatic rings. The fourth-order valence-electron chi connectivity index (χ4n) is 7.35. The van der Waals surface area contributed by atoms with E-state index >= 15 is 0 Å². The molecule has 0 radical (unpaired) electrons. The van der Waals surface area contributed by atoms with Crippen molar-refractivity contribution in [3.63, 3.8) is 0 Å². The van der Waals surface area contributed by atoms with Crippen molar-refractivity contribution in [2.45, 2.75) is 72.8 Å². The number of rotatable bonds is 2. The van der Waals surface area contributed by atoms with Crippen LogP contribution in [0.15, 0.2) is 35.5 Å². The number of hydrogen-bond donors (Lipinski definition) is 0. The molecule has 28 heavy (non-hydrogen) atoms. The van der Waals surface area contributed by atoms with E-state index in [9.17, 15) is 4.79 Å². The monoisotopic (exact) mass is 381 g/mol. The predicted octanol–water partition coefficient (Wildman–Crippen LogP) is 5.81. The molecular weight excluding hydrogens is 342 g/mol. The van der Waals surface area contributed by atoms with Gasteiger partial charge in [0.15, 0.2) is 5.78 Å². The van der Waals surface area contributed by atoms with Crippen molar-refractivity contribution in [2.75, 3.05) is 14.1 Å².